The number of anilines is 8. The molecule has 2 aliphatic heterocycles. The minimum atomic E-state index is -0.135. The van der Waals surface area contributed by atoms with Gasteiger partial charge in [-0.2, -0.15) is 0 Å². The van der Waals surface area contributed by atoms with Crippen molar-refractivity contribution in [3.8, 4) is 44.5 Å². The fraction of sp³-hybridized carbons (Fsp3) is 0.0323. The lowest BCUT2D eigenvalue weighted by Gasteiger charge is -2.46. The molecular formula is C62H46BN3. The minimum absolute atomic E-state index is 0.135. The molecule has 0 radical (unpaired) electrons. The van der Waals surface area contributed by atoms with Crippen molar-refractivity contribution in [3.05, 3.63) is 254 Å². The molecule has 0 bridgehead atoms. The number of rotatable bonds is 8. The average Bonchev–Trinajstić information content (AvgIpc) is 3.38. The van der Waals surface area contributed by atoms with Crippen molar-refractivity contribution in [2.45, 2.75) is 13.8 Å². The molecule has 2 heterocycles. The largest absolute Gasteiger partial charge is 0.376 e. The summed E-state index contributed by atoms with van der Waals surface area (Å²) in [6.07, 6.45) is 0. The van der Waals surface area contributed by atoms with E-state index < -0.39 is 0 Å². The summed E-state index contributed by atoms with van der Waals surface area (Å²) in [6.45, 7) is 4.36. The Bertz CT molecular complexity index is 3350. The number of fused-ring (bicyclic) bond motifs is 4. The van der Waals surface area contributed by atoms with Crippen molar-refractivity contribution in [1.82, 2.24) is 0 Å². The van der Waals surface area contributed by atoms with Crippen molar-refractivity contribution in [2.75, 3.05) is 14.6 Å². The summed E-state index contributed by atoms with van der Waals surface area (Å²) in [4.78, 5) is 7.54. The van der Waals surface area contributed by atoms with Crippen LogP contribution in [-0.2, 0) is 0 Å². The molecule has 0 aliphatic carbocycles. The average molecular weight is 844 g/mol. The van der Waals surface area contributed by atoms with Crippen molar-refractivity contribution >= 4 is 63.3 Å². The third-order valence-electron chi connectivity index (χ3n) is 13.5. The van der Waals surface area contributed by atoms with Crippen LogP contribution in [0.5, 0.6) is 0 Å². The van der Waals surface area contributed by atoms with E-state index in [-0.39, 0.29) is 6.85 Å². The Labute approximate surface area is 388 Å². The lowest BCUT2D eigenvalue weighted by Crippen LogP contribution is -2.61. The highest BCUT2D eigenvalue weighted by atomic mass is 15.2. The van der Waals surface area contributed by atoms with Gasteiger partial charge in [0, 0.05) is 51.1 Å². The summed E-state index contributed by atoms with van der Waals surface area (Å²) >= 11 is 0. The summed E-state index contributed by atoms with van der Waals surface area (Å²) in [6, 6.07) is 88.9. The maximum Gasteiger partial charge on any atom is 0.333 e. The van der Waals surface area contributed by atoms with Crippen LogP contribution in [0, 0.1) is 13.8 Å². The number of para-hydroxylation sites is 3. The molecular weight excluding hydrogens is 798 g/mol. The van der Waals surface area contributed by atoms with Gasteiger partial charge in [-0.05, 0) is 154 Å². The summed E-state index contributed by atoms with van der Waals surface area (Å²) < 4.78 is 0. The van der Waals surface area contributed by atoms with E-state index in [9.17, 15) is 0 Å². The standard InChI is InChI=1S/C62H46BN3/c1-43-19-15-16-28-54(43)49-40-56-55-29-17-18-30-59(55)66(52-34-31-47(32-35-52)45-20-7-3-8-21-45)63-57-37-36-53(64(50-24-11-5-12-25-50)51-26-13-6-14-27-51)42-60(57)65(61(41-49)62(56)63)58-38-33-48(39-44(58)2)46-22-9-4-10-23-46/h3-42H,1-2H3. The molecule has 2 aliphatic rings. The molecule has 3 nitrogen and oxygen atoms in total. The first-order chi connectivity index (χ1) is 32.6. The first-order valence-corrected chi connectivity index (χ1v) is 22.9. The van der Waals surface area contributed by atoms with Gasteiger partial charge in [-0.15, -0.1) is 0 Å². The fourth-order valence-corrected chi connectivity index (χ4v) is 10.4. The Morgan fingerprint density at radius 3 is 1.55 bits per heavy atom. The highest BCUT2D eigenvalue weighted by molar-refractivity contribution is 6.93. The second-order valence-electron chi connectivity index (χ2n) is 17.4. The third kappa shape index (κ3) is 6.69. The van der Waals surface area contributed by atoms with Crippen LogP contribution in [0.4, 0.5) is 45.5 Å². The number of hydrogen-bond donors (Lipinski definition) is 0. The first kappa shape index (κ1) is 39.3. The van der Waals surface area contributed by atoms with E-state index in [1.165, 1.54) is 77.9 Å². The molecule has 4 heteroatoms. The molecule has 0 saturated heterocycles. The molecule has 10 aromatic carbocycles. The number of aryl methyl sites for hydroxylation is 2. The zero-order valence-corrected chi connectivity index (χ0v) is 37.0. The van der Waals surface area contributed by atoms with E-state index in [4.69, 9.17) is 0 Å². The molecule has 10 aromatic rings. The van der Waals surface area contributed by atoms with Crippen molar-refractivity contribution < 1.29 is 0 Å². The van der Waals surface area contributed by atoms with Crippen LogP contribution in [0.25, 0.3) is 44.5 Å². The minimum Gasteiger partial charge on any atom is -0.376 e. The predicted octanol–water partition coefficient (Wildman–Crippen LogP) is 15.5. The van der Waals surface area contributed by atoms with Gasteiger partial charge in [-0.3, -0.25) is 0 Å². The van der Waals surface area contributed by atoms with Crippen LogP contribution in [-0.4, -0.2) is 6.85 Å². The third-order valence-corrected chi connectivity index (χ3v) is 13.5. The lowest BCUT2D eigenvalue weighted by atomic mass is 9.43. The summed E-state index contributed by atoms with van der Waals surface area (Å²) in [5, 5.41) is 0. The maximum atomic E-state index is 2.59. The van der Waals surface area contributed by atoms with Gasteiger partial charge in [0.1, 0.15) is 0 Å². The predicted molar refractivity (Wildman–Crippen MR) is 281 cm³/mol. The topological polar surface area (TPSA) is 9.72 Å². The molecule has 66 heavy (non-hydrogen) atoms. The van der Waals surface area contributed by atoms with E-state index >= 15 is 0 Å². The second-order valence-corrected chi connectivity index (χ2v) is 17.4. The zero-order valence-electron chi connectivity index (χ0n) is 37.0. The van der Waals surface area contributed by atoms with Gasteiger partial charge in [-0.1, -0.05) is 164 Å². The number of benzene rings is 10. The Balaban J connectivity index is 1.15. The quantitative estimate of drug-likeness (QED) is 0.141. The first-order valence-electron chi connectivity index (χ1n) is 22.9. The summed E-state index contributed by atoms with van der Waals surface area (Å²) in [5.74, 6) is 0. The van der Waals surface area contributed by atoms with E-state index in [0.29, 0.717) is 0 Å². The van der Waals surface area contributed by atoms with Gasteiger partial charge >= 0.3 is 6.85 Å². The van der Waals surface area contributed by atoms with E-state index in [2.05, 4.69) is 271 Å². The smallest absolute Gasteiger partial charge is 0.333 e. The molecule has 312 valence electrons. The van der Waals surface area contributed by atoms with Gasteiger partial charge in [-0.25, -0.2) is 0 Å². The van der Waals surface area contributed by atoms with Gasteiger partial charge in [0.05, 0.1) is 0 Å². The van der Waals surface area contributed by atoms with Gasteiger partial charge in [0.15, 0.2) is 0 Å². The highest BCUT2D eigenvalue weighted by Crippen LogP contribution is 2.50. The van der Waals surface area contributed by atoms with Crippen molar-refractivity contribution in [2.24, 2.45) is 0 Å². The summed E-state index contributed by atoms with van der Waals surface area (Å²) in [5.41, 5.74) is 23.9. The van der Waals surface area contributed by atoms with Gasteiger partial charge in [0.2, 0.25) is 0 Å². The van der Waals surface area contributed by atoms with E-state index in [1.54, 1.807) is 0 Å². The highest BCUT2D eigenvalue weighted by Gasteiger charge is 2.45. The Morgan fingerprint density at radius 2 is 0.894 bits per heavy atom. The van der Waals surface area contributed by atoms with Gasteiger partial charge in [0.25, 0.3) is 0 Å². The van der Waals surface area contributed by atoms with Gasteiger partial charge < -0.3 is 14.6 Å². The maximum absolute atomic E-state index is 2.59. The Morgan fingerprint density at radius 1 is 0.333 bits per heavy atom. The molecule has 0 atom stereocenters. The van der Waals surface area contributed by atoms with Crippen molar-refractivity contribution in [1.29, 1.82) is 0 Å². The van der Waals surface area contributed by atoms with Crippen LogP contribution < -0.4 is 25.5 Å². The second kappa shape index (κ2) is 16.3. The monoisotopic (exact) mass is 843 g/mol. The number of hydrogen-bond acceptors (Lipinski definition) is 3. The Hall–Kier alpha value is -8.34. The molecule has 0 fully saturated rings. The normalized spacial score (nSPS) is 12.3. The molecule has 0 saturated carbocycles. The van der Waals surface area contributed by atoms with Crippen LogP contribution in [0.3, 0.4) is 0 Å². The van der Waals surface area contributed by atoms with Crippen molar-refractivity contribution in [3.63, 3.8) is 0 Å². The molecule has 0 amide bonds. The zero-order chi connectivity index (χ0) is 44.1. The van der Waals surface area contributed by atoms with E-state index in [1.807, 2.05) is 0 Å². The van der Waals surface area contributed by atoms with Crippen LogP contribution >= 0.6 is 0 Å². The lowest BCUT2D eigenvalue weighted by molar-refractivity contribution is 1.23. The fourth-order valence-electron chi connectivity index (χ4n) is 10.4. The van der Waals surface area contributed by atoms with Crippen LogP contribution in [0.15, 0.2) is 243 Å². The number of nitrogens with zero attached hydrogens (tertiary/aromatic N) is 3. The molecule has 0 spiro atoms. The Kier molecular flexibility index (Phi) is 9.72. The van der Waals surface area contributed by atoms with Crippen LogP contribution in [0.2, 0.25) is 0 Å². The molecule has 0 unspecified atom stereocenters. The molecule has 0 N–H and O–H groups in total. The SMILES string of the molecule is Cc1ccccc1-c1cc2c3c(c1)N(c1ccc(-c4ccccc4)cc1C)c1cc(N(c4ccccc4)c4ccccc4)ccc1B3N(c1ccc(-c3ccccc3)cc1)c1ccccc1-2. The summed E-state index contributed by atoms with van der Waals surface area (Å²) in [7, 11) is 0. The molecule has 12 rings (SSSR count). The van der Waals surface area contributed by atoms with Crippen LogP contribution in [0.1, 0.15) is 11.1 Å². The molecule has 0 aromatic heterocycles. The van der Waals surface area contributed by atoms with E-state index in [0.717, 1.165) is 34.1 Å².